The van der Waals surface area contributed by atoms with E-state index in [-0.39, 0.29) is 11.3 Å². The summed E-state index contributed by atoms with van der Waals surface area (Å²) >= 11 is 0. The van der Waals surface area contributed by atoms with Crippen molar-refractivity contribution in [3.63, 3.8) is 0 Å². The van der Waals surface area contributed by atoms with Crippen LogP contribution in [0.25, 0.3) is 39.0 Å². The molecule has 0 amide bonds. The molecule has 2 aromatic carbocycles. The van der Waals surface area contributed by atoms with Gasteiger partial charge in [0.05, 0.1) is 6.26 Å². The van der Waals surface area contributed by atoms with Crippen molar-refractivity contribution in [2.45, 2.75) is 6.42 Å². The summed E-state index contributed by atoms with van der Waals surface area (Å²) in [4.78, 5) is 22.1. The molecular weight excluding hydrogens is 356 g/mol. The normalized spacial score (nSPS) is 12.3. The number of rotatable bonds is 0. The van der Waals surface area contributed by atoms with E-state index in [1.54, 1.807) is 24.5 Å². The quantitative estimate of drug-likeness (QED) is 0.362. The molecule has 0 spiro atoms. The molecule has 0 fully saturated rings. The van der Waals surface area contributed by atoms with Gasteiger partial charge in [-0.3, -0.25) is 0 Å². The first-order valence-corrected chi connectivity index (χ1v) is 8.81. The third kappa shape index (κ3) is 2.83. The number of furan rings is 1. The second kappa shape index (κ2) is 6.39. The van der Waals surface area contributed by atoms with Gasteiger partial charge < -0.3 is 13.3 Å². The highest BCUT2D eigenvalue weighted by Gasteiger charge is 2.10. The summed E-state index contributed by atoms with van der Waals surface area (Å²) in [6.07, 6.45) is 6.64. The Kier molecular flexibility index (Phi) is 3.72. The van der Waals surface area contributed by atoms with E-state index in [0.717, 1.165) is 33.7 Å². The van der Waals surface area contributed by atoms with E-state index in [2.05, 4.69) is 12.1 Å². The van der Waals surface area contributed by atoms with Gasteiger partial charge in [-0.05, 0) is 36.2 Å². The number of benzene rings is 2. The average molecular weight is 370 g/mol. The first-order valence-electron chi connectivity index (χ1n) is 8.81. The van der Waals surface area contributed by atoms with E-state index in [1.165, 1.54) is 17.7 Å². The van der Waals surface area contributed by atoms with E-state index in [4.69, 9.17) is 13.3 Å². The van der Waals surface area contributed by atoms with Gasteiger partial charge in [-0.15, -0.1) is 0 Å². The standard InChI is InChI=1S/C12H8O2.C11H6O3/c13-11-7-6-9-5-4-8-2-1-3-10(8)12(9)14-11;12-11-2-1-7-5-8-3-4-13-9(8)6-10(7)14-11/h1,3-7H,2H2;1-6H. The van der Waals surface area contributed by atoms with Crippen LogP contribution in [0.15, 0.2) is 89.8 Å². The van der Waals surface area contributed by atoms with Crippen molar-refractivity contribution in [1.82, 2.24) is 0 Å². The van der Waals surface area contributed by atoms with Crippen LogP contribution in [0.4, 0.5) is 0 Å². The van der Waals surface area contributed by atoms with Crippen molar-refractivity contribution < 1.29 is 13.3 Å². The lowest BCUT2D eigenvalue weighted by Crippen LogP contribution is -1.96. The third-order valence-corrected chi connectivity index (χ3v) is 4.74. The minimum Gasteiger partial charge on any atom is -0.464 e. The fourth-order valence-corrected chi connectivity index (χ4v) is 3.39. The van der Waals surface area contributed by atoms with Crippen molar-refractivity contribution in [3.8, 4) is 0 Å². The van der Waals surface area contributed by atoms with Gasteiger partial charge in [-0.1, -0.05) is 24.3 Å². The molecule has 5 nitrogen and oxygen atoms in total. The van der Waals surface area contributed by atoms with Crippen molar-refractivity contribution in [1.29, 1.82) is 0 Å². The Morgan fingerprint density at radius 1 is 0.714 bits per heavy atom. The van der Waals surface area contributed by atoms with Gasteiger partial charge in [-0.25, -0.2) is 9.59 Å². The van der Waals surface area contributed by atoms with Crippen molar-refractivity contribution in [3.05, 3.63) is 98.9 Å². The Bertz CT molecular complexity index is 1480. The third-order valence-electron chi connectivity index (χ3n) is 4.74. The average Bonchev–Trinajstić information content (AvgIpc) is 3.35. The van der Waals surface area contributed by atoms with Crippen molar-refractivity contribution in [2.75, 3.05) is 0 Å². The summed E-state index contributed by atoms with van der Waals surface area (Å²) < 4.78 is 15.4. The van der Waals surface area contributed by atoms with E-state index in [1.807, 2.05) is 24.3 Å². The second-order valence-corrected chi connectivity index (χ2v) is 6.52. The van der Waals surface area contributed by atoms with Crippen LogP contribution < -0.4 is 11.3 Å². The minimum absolute atomic E-state index is 0.286. The van der Waals surface area contributed by atoms with Crippen LogP contribution in [0.1, 0.15) is 11.1 Å². The monoisotopic (exact) mass is 370 g/mol. The summed E-state index contributed by atoms with van der Waals surface area (Å²) in [5, 5.41) is 2.89. The topological polar surface area (TPSA) is 73.6 Å². The van der Waals surface area contributed by atoms with E-state index in [0.29, 0.717) is 11.2 Å². The van der Waals surface area contributed by atoms with Crippen LogP contribution in [0.2, 0.25) is 0 Å². The van der Waals surface area contributed by atoms with Crippen LogP contribution >= 0.6 is 0 Å². The molecule has 0 N–H and O–H groups in total. The van der Waals surface area contributed by atoms with E-state index in [9.17, 15) is 9.59 Å². The highest BCUT2D eigenvalue weighted by molar-refractivity contribution is 5.92. The maximum Gasteiger partial charge on any atom is 0.336 e. The Labute approximate surface area is 158 Å². The van der Waals surface area contributed by atoms with Gasteiger partial charge in [0, 0.05) is 39.9 Å². The van der Waals surface area contributed by atoms with Gasteiger partial charge in [0.15, 0.2) is 0 Å². The summed E-state index contributed by atoms with van der Waals surface area (Å²) in [6, 6.07) is 16.0. The van der Waals surface area contributed by atoms with Gasteiger partial charge >= 0.3 is 11.3 Å². The molecule has 5 aromatic rings. The highest BCUT2D eigenvalue weighted by atomic mass is 16.4. The molecule has 0 bridgehead atoms. The highest BCUT2D eigenvalue weighted by Crippen LogP contribution is 2.27. The van der Waals surface area contributed by atoms with Gasteiger partial charge in [0.1, 0.15) is 16.7 Å². The lowest BCUT2D eigenvalue weighted by Gasteiger charge is -2.01. The molecule has 136 valence electrons. The zero-order valence-electron chi connectivity index (χ0n) is 14.7. The molecule has 3 heterocycles. The summed E-state index contributed by atoms with van der Waals surface area (Å²) in [7, 11) is 0. The molecule has 0 aliphatic heterocycles. The predicted octanol–water partition coefficient (Wildman–Crippen LogP) is 4.90. The molecule has 28 heavy (non-hydrogen) atoms. The lowest BCUT2D eigenvalue weighted by atomic mass is 10.1. The first-order chi connectivity index (χ1) is 13.7. The minimum atomic E-state index is -0.344. The number of fused-ring (bicyclic) bond motifs is 5. The largest absolute Gasteiger partial charge is 0.464 e. The zero-order chi connectivity index (χ0) is 19.1. The molecule has 1 aliphatic rings. The van der Waals surface area contributed by atoms with E-state index >= 15 is 0 Å². The zero-order valence-corrected chi connectivity index (χ0v) is 14.7. The SMILES string of the molecule is O=c1ccc2cc3ccoc3cc2o1.O=c1ccc2ccc3c(c2o1)C=CC3. The summed E-state index contributed by atoms with van der Waals surface area (Å²) in [5.74, 6) is 0. The molecule has 0 atom stereocenters. The van der Waals surface area contributed by atoms with Gasteiger partial charge in [0.2, 0.25) is 0 Å². The van der Waals surface area contributed by atoms with Gasteiger partial charge in [0.25, 0.3) is 0 Å². The molecule has 0 radical (unpaired) electrons. The molecule has 0 saturated carbocycles. The van der Waals surface area contributed by atoms with Crippen LogP contribution in [-0.4, -0.2) is 0 Å². The van der Waals surface area contributed by atoms with Crippen LogP contribution in [0.5, 0.6) is 0 Å². The molecule has 3 aromatic heterocycles. The maximum atomic E-state index is 11.1. The summed E-state index contributed by atoms with van der Waals surface area (Å²) in [5.41, 5.74) is 3.65. The fourth-order valence-electron chi connectivity index (χ4n) is 3.39. The molecule has 1 aliphatic carbocycles. The maximum absolute atomic E-state index is 11.1. The Balaban J connectivity index is 0.000000122. The van der Waals surface area contributed by atoms with Crippen LogP contribution in [0, 0.1) is 0 Å². The number of hydrogen-bond acceptors (Lipinski definition) is 5. The van der Waals surface area contributed by atoms with Crippen molar-refractivity contribution in [2.24, 2.45) is 0 Å². The summed E-state index contributed by atoms with van der Waals surface area (Å²) in [6.45, 7) is 0. The predicted molar refractivity (Wildman–Crippen MR) is 107 cm³/mol. The fraction of sp³-hybridized carbons (Fsp3) is 0.0435. The number of allylic oxidation sites excluding steroid dienone is 1. The Morgan fingerprint density at radius 3 is 2.36 bits per heavy atom. The lowest BCUT2D eigenvalue weighted by molar-refractivity contribution is 0.559. The Morgan fingerprint density at radius 2 is 1.46 bits per heavy atom. The molecule has 0 saturated heterocycles. The Hall–Kier alpha value is -3.86. The van der Waals surface area contributed by atoms with Crippen LogP contribution in [-0.2, 0) is 6.42 Å². The number of hydrogen-bond donors (Lipinski definition) is 0. The smallest absolute Gasteiger partial charge is 0.336 e. The molecule has 5 heteroatoms. The van der Waals surface area contributed by atoms with E-state index < -0.39 is 0 Å². The van der Waals surface area contributed by atoms with Crippen LogP contribution in [0.3, 0.4) is 0 Å². The first kappa shape index (κ1) is 16.3. The van der Waals surface area contributed by atoms with Gasteiger partial charge in [-0.2, -0.15) is 0 Å². The molecule has 6 rings (SSSR count). The van der Waals surface area contributed by atoms with Crippen molar-refractivity contribution >= 4 is 39.0 Å². The molecule has 0 unspecified atom stereocenters. The molecular formula is C23H14O5. The second-order valence-electron chi connectivity index (χ2n) is 6.52.